The van der Waals surface area contributed by atoms with Gasteiger partial charge in [0.2, 0.25) is 0 Å². The van der Waals surface area contributed by atoms with E-state index < -0.39 is 23.8 Å². The summed E-state index contributed by atoms with van der Waals surface area (Å²) in [6.07, 6.45) is 0. The molecule has 0 N–H and O–H groups in total. The van der Waals surface area contributed by atoms with Crippen molar-refractivity contribution in [3.05, 3.63) is 71.8 Å². The van der Waals surface area contributed by atoms with Gasteiger partial charge in [-0.2, -0.15) is 0 Å². The lowest BCUT2D eigenvalue weighted by Gasteiger charge is -2.25. The minimum absolute atomic E-state index is 0.297. The number of hydrogen-bond donors (Lipinski definition) is 0. The van der Waals surface area contributed by atoms with Crippen molar-refractivity contribution in [2.75, 3.05) is 0 Å². The highest BCUT2D eigenvalue weighted by molar-refractivity contribution is 8.09. The van der Waals surface area contributed by atoms with Gasteiger partial charge in [0.05, 0.1) is 11.5 Å². The molecule has 0 spiro atoms. The molecule has 0 fully saturated rings. The molecule has 0 radical (unpaired) electrons. The summed E-state index contributed by atoms with van der Waals surface area (Å²) in [4.78, 5) is 0. The summed E-state index contributed by atoms with van der Waals surface area (Å²) in [6.45, 7) is 2.53. The highest BCUT2D eigenvalue weighted by atomic mass is 32.3. The molecule has 0 amide bonds. The molecule has 124 valence electrons. The predicted octanol–water partition coefficient (Wildman–Crippen LogP) is 2.95. The van der Waals surface area contributed by atoms with Crippen molar-refractivity contribution in [3.8, 4) is 0 Å². The van der Waals surface area contributed by atoms with Crippen molar-refractivity contribution in [1.29, 1.82) is 0 Å². The van der Waals surface area contributed by atoms with E-state index in [1.165, 1.54) is 13.8 Å². The van der Waals surface area contributed by atoms with Crippen LogP contribution in [0.1, 0.15) is 25.0 Å². The fraction of sp³-hybridized carbons (Fsp3) is 0.294. The number of rotatable bonds is 6. The minimum Gasteiger partial charge on any atom is -0.227 e. The lowest BCUT2D eigenvalue weighted by atomic mass is 10.2. The Labute approximate surface area is 138 Å². The smallest absolute Gasteiger partial charge is 0.173 e. The monoisotopic (exact) mass is 352 g/mol. The van der Waals surface area contributed by atoms with Gasteiger partial charge in [-0.25, -0.2) is 16.8 Å². The molecule has 0 aliphatic rings. The van der Waals surface area contributed by atoms with E-state index in [0.717, 1.165) is 0 Å². The zero-order chi connectivity index (χ0) is 17.1. The van der Waals surface area contributed by atoms with E-state index in [2.05, 4.69) is 0 Å². The molecule has 0 unspecified atom stereocenters. The second kappa shape index (κ2) is 6.45. The molecule has 2 aromatic carbocycles. The maximum absolute atomic E-state index is 12.7. The van der Waals surface area contributed by atoms with E-state index in [1.54, 1.807) is 60.7 Å². The van der Waals surface area contributed by atoms with Crippen molar-refractivity contribution >= 4 is 19.7 Å². The van der Waals surface area contributed by atoms with Crippen LogP contribution in [0.3, 0.4) is 0 Å². The summed E-state index contributed by atoms with van der Waals surface area (Å²) >= 11 is 0. The third kappa shape index (κ3) is 3.82. The maximum Gasteiger partial charge on any atom is 0.173 e. The van der Waals surface area contributed by atoms with E-state index in [9.17, 15) is 16.8 Å². The summed E-state index contributed by atoms with van der Waals surface area (Å²) in [6, 6.07) is 17.2. The Morgan fingerprint density at radius 3 is 1.26 bits per heavy atom. The van der Waals surface area contributed by atoms with Gasteiger partial charge in [0.1, 0.15) is 0 Å². The van der Waals surface area contributed by atoms with Gasteiger partial charge >= 0.3 is 0 Å². The van der Waals surface area contributed by atoms with Gasteiger partial charge in [0.25, 0.3) is 0 Å². The Morgan fingerprint density at radius 1 is 0.652 bits per heavy atom. The number of sulfone groups is 2. The van der Waals surface area contributed by atoms with Crippen LogP contribution in [0.25, 0.3) is 0 Å². The Kier molecular flexibility index (Phi) is 4.96. The number of benzene rings is 2. The van der Waals surface area contributed by atoms with Crippen molar-refractivity contribution in [3.63, 3.8) is 0 Å². The first-order valence-electron chi connectivity index (χ1n) is 7.18. The largest absolute Gasteiger partial charge is 0.227 e. The van der Waals surface area contributed by atoms with Gasteiger partial charge in [0, 0.05) is 0 Å². The third-order valence-corrected chi connectivity index (χ3v) is 9.84. The lowest BCUT2D eigenvalue weighted by Crippen LogP contribution is -2.42. The van der Waals surface area contributed by atoms with E-state index in [-0.39, 0.29) is 11.5 Å². The average Bonchev–Trinajstić information content (AvgIpc) is 2.48. The molecule has 23 heavy (non-hydrogen) atoms. The van der Waals surface area contributed by atoms with Crippen LogP contribution in [0, 0.1) is 0 Å². The molecule has 4 nitrogen and oxygen atoms in total. The van der Waals surface area contributed by atoms with E-state index in [4.69, 9.17) is 0 Å². The maximum atomic E-state index is 12.7. The van der Waals surface area contributed by atoms with Crippen LogP contribution in [-0.2, 0) is 31.2 Å². The van der Waals surface area contributed by atoms with Gasteiger partial charge in [0.15, 0.2) is 23.8 Å². The standard InChI is InChI=1S/C17H20O4S2/c1-17(2,22(18,19)13-15-9-5-3-6-10-15)23(20,21)14-16-11-7-4-8-12-16/h3-12H,13-14H2,1-2H3. The molecule has 0 saturated carbocycles. The number of hydrogen-bond acceptors (Lipinski definition) is 4. The first-order valence-corrected chi connectivity index (χ1v) is 10.5. The van der Waals surface area contributed by atoms with Crippen LogP contribution in [0.5, 0.6) is 0 Å². The van der Waals surface area contributed by atoms with Crippen LogP contribution in [0.15, 0.2) is 60.7 Å². The van der Waals surface area contributed by atoms with Crippen molar-refractivity contribution in [1.82, 2.24) is 0 Å². The molecule has 0 saturated heterocycles. The van der Waals surface area contributed by atoms with Crippen LogP contribution in [0.2, 0.25) is 0 Å². The van der Waals surface area contributed by atoms with Crippen LogP contribution < -0.4 is 0 Å². The molecule has 0 atom stereocenters. The van der Waals surface area contributed by atoms with Gasteiger partial charge in [-0.1, -0.05) is 60.7 Å². The molecule has 0 aliphatic heterocycles. The Bertz CT molecular complexity index is 780. The molecule has 2 rings (SSSR count). The highest BCUT2D eigenvalue weighted by Crippen LogP contribution is 2.30. The van der Waals surface area contributed by atoms with Gasteiger partial charge in [-0.15, -0.1) is 0 Å². The normalized spacial score (nSPS) is 13.0. The summed E-state index contributed by atoms with van der Waals surface area (Å²) in [5.41, 5.74) is 1.16. The topological polar surface area (TPSA) is 68.3 Å². The van der Waals surface area contributed by atoms with Crippen LogP contribution in [-0.4, -0.2) is 20.9 Å². The zero-order valence-electron chi connectivity index (χ0n) is 13.1. The predicted molar refractivity (Wildman–Crippen MR) is 92.2 cm³/mol. The quantitative estimate of drug-likeness (QED) is 0.801. The SMILES string of the molecule is CC(C)(S(=O)(=O)Cc1ccccc1)S(=O)(=O)Cc1ccccc1. The first kappa shape index (κ1) is 17.7. The second-order valence-electron chi connectivity index (χ2n) is 5.89. The molecule has 0 bridgehead atoms. The zero-order valence-corrected chi connectivity index (χ0v) is 14.8. The average molecular weight is 352 g/mol. The van der Waals surface area contributed by atoms with Gasteiger partial charge < -0.3 is 0 Å². The fourth-order valence-electron chi connectivity index (χ4n) is 2.13. The summed E-state index contributed by atoms with van der Waals surface area (Å²) < 4.78 is 48.9. The Hall–Kier alpha value is -1.66. The second-order valence-corrected chi connectivity index (χ2v) is 11.2. The summed E-state index contributed by atoms with van der Waals surface area (Å²) in [5, 5.41) is 0. The van der Waals surface area contributed by atoms with Crippen molar-refractivity contribution < 1.29 is 16.8 Å². The summed E-state index contributed by atoms with van der Waals surface area (Å²) in [7, 11) is -7.76. The summed E-state index contributed by atoms with van der Waals surface area (Å²) in [5.74, 6) is -0.594. The van der Waals surface area contributed by atoms with Crippen molar-refractivity contribution in [2.45, 2.75) is 29.4 Å². The van der Waals surface area contributed by atoms with E-state index >= 15 is 0 Å². The third-order valence-electron chi connectivity index (χ3n) is 3.90. The molecule has 0 aliphatic carbocycles. The van der Waals surface area contributed by atoms with Gasteiger partial charge in [-0.3, -0.25) is 0 Å². The molecule has 0 aromatic heterocycles. The molecule has 0 heterocycles. The molecular formula is C17H20O4S2. The highest BCUT2D eigenvalue weighted by Gasteiger charge is 2.46. The van der Waals surface area contributed by atoms with E-state index in [0.29, 0.717) is 11.1 Å². The molecule has 6 heteroatoms. The Morgan fingerprint density at radius 2 is 0.957 bits per heavy atom. The van der Waals surface area contributed by atoms with Crippen LogP contribution in [0.4, 0.5) is 0 Å². The van der Waals surface area contributed by atoms with Gasteiger partial charge in [-0.05, 0) is 25.0 Å². The first-order chi connectivity index (χ1) is 10.7. The minimum atomic E-state index is -3.88. The molecular weight excluding hydrogens is 332 g/mol. The van der Waals surface area contributed by atoms with Crippen LogP contribution >= 0.6 is 0 Å². The fourth-order valence-corrected chi connectivity index (χ4v) is 5.99. The van der Waals surface area contributed by atoms with Crippen molar-refractivity contribution in [2.24, 2.45) is 0 Å². The lowest BCUT2D eigenvalue weighted by molar-refractivity contribution is 0.554. The molecule has 2 aromatic rings. The Balaban J connectivity index is 2.31. The van der Waals surface area contributed by atoms with E-state index in [1.807, 2.05) is 0 Å².